The number of aromatic nitrogens is 3. The maximum atomic E-state index is 13.9. The quantitative estimate of drug-likeness (QED) is 0.432. The van der Waals surface area contributed by atoms with Gasteiger partial charge in [-0.3, -0.25) is 9.59 Å². The number of nitrogens with zero attached hydrogens (tertiary/aromatic N) is 4. The van der Waals surface area contributed by atoms with Gasteiger partial charge in [0.1, 0.15) is 23.9 Å². The molecule has 12 heteroatoms. The van der Waals surface area contributed by atoms with Crippen LogP contribution in [-0.2, 0) is 0 Å². The van der Waals surface area contributed by atoms with Gasteiger partial charge < -0.3 is 21.1 Å². The lowest BCUT2D eigenvalue weighted by Crippen LogP contribution is -2.51. The van der Waals surface area contributed by atoms with Gasteiger partial charge in [0.05, 0.1) is 24.0 Å². The molecule has 0 saturated heterocycles. The molecule has 9 nitrogen and oxygen atoms in total. The maximum Gasteiger partial charge on any atom is 0.275 e. The molecule has 0 spiro atoms. The van der Waals surface area contributed by atoms with Gasteiger partial charge in [0.15, 0.2) is 11.5 Å². The van der Waals surface area contributed by atoms with Crippen LogP contribution in [0.1, 0.15) is 27.8 Å². The van der Waals surface area contributed by atoms with E-state index >= 15 is 0 Å². The topological polar surface area (TPSA) is 126 Å². The fourth-order valence-corrected chi connectivity index (χ4v) is 3.20. The third-order valence-corrected chi connectivity index (χ3v) is 4.89. The summed E-state index contributed by atoms with van der Waals surface area (Å²) in [6.07, 6.45) is 2.43. The van der Waals surface area contributed by atoms with E-state index in [-0.39, 0.29) is 17.9 Å². The fourth-order valence-electron chi connectivity index (χ4n) is 3.20. The van der Waals surface area contributed by atoms with Gasteiger partial charge in [0.25, 0.3) is 11.8 Å². The number of alkyl halides is 1. The number of nitrogen functional groups attached to an aromatic ring is 1. The molecule has 0 aliphatic rings. The van der Waals surface area contributed by atoms with Crippen molar-refractivity contribution < 1.29 is 27.9 Å². The molecule has 0 radical (unpaired) electrons. The molecule has 1 unspecified atom stereocenters. The highest BCUT2D eigenvalue weighted by molar-refractivity contribution is 5.98. The molecule has 0 fully saturated rings. The lowest BCUT2D eigenvalue weighted by Gasteiger charge is -2.31. The normalized spacial score (nSPS) is 12.7. The Hall–Kier alpha value is -3.93. The zero-order valence-electron chi connectivity index (χ0n) is 18.2. The van der Waals surface area contributed by atoms with Crippen molar-refractivity contribution in [3.8, 4) is 5.69 Å². The van der Waals surface area contributed by atoms with E-state index in [0.717, 1.165) is 11.0 Å². The molecule has 1 atom stereocenters. The number of hydrogen-bond acceptors (Lipinski definition) is 6. The van der Waals surface area contributed by atoms with Crippen molar-refractivity contribution in [2.24, 2.45) is 0 Å². The highest BCUT2D eigenvalue weighted by atomic mass is 19.1. The first-order chi connectivity index (χ1) is 16.1. The number of carbonyl (C=O) groups excluding carboxylic acids is 2. The van der Waals surface area contributed by atoms with Gasteiger partial charge in [-0.25, -0.2) is 22.8 Å². The number of benzene rings is 1. The number of nitrogens with two attached hydrogens (primary N) is 1. The molecule has 3 aromatic rings. The monoisotopic (exact) mass is 476 g/mol. The molecule has 2 heterocycles. The SMILES string of the molecule is CC(O)(CNC(=O)c1cnn(-c2ccc(F)cc2)c1N)CN(CCF)C(=O)c1ncccc1F. The van der Waals surface area contributed by atoms with Crippen molar-refractivity contribution in [1.82, 2.24) is 25.0 Å². The minimum atomic E-state index is -1.70. The minimum Gasteiger partial charge on any atom is -0.386 e. The van der Waals surface area contributed by atoms with E-state index in [2.05, 4.69) is 15.4 Å². The lowest BCUT2D eigenvalue weighted by molar-refractivity contribution is 0.0167. The highest BCUT2D eigenvalue weighted by Crippen LogP contribution is 2.18. The van der Waals surface area contributed by atoms with Crippen molar-refractivity contribution in [2.75, 3.05) is 32.0 Å². The van der Waals surface area contributed by atoms with Crippen LogP contribution < -0.4 is 11.1 Å². The summed E-state index contributed by atoms with van der Waals surface area (Å²) in [5, 5.41) is 17.2. The molecule has 0 aliphatic heterocycles. The molecule has 3 rings (SSSR count). The van der Waals surface area contributed by atoms with Crippen LogP contribution in [0.2, 0.25) is 0 Å². The molecule has 2 aromatic heterocycles. The maximum absolute atomic E-state index is 13.9. The van der Waals surface area contributed by atoms with Crippen LogP contribution in [0.5, 0.6) is 0 Å². The number of anilines is 1. The number of halogens is 3. The highest BCUT2D eigenvalue weighted by Gasteiger charge is 2.30. The molecule has 4 N–H and O–H groups in total. The first-order valence-corrected chi connectivity index (χ1v) is 10.2. The van der Waals surface area contributed by atoms with Crippen LogP contribution >= 0.6 is 0 Å². The summed E-state index contributed by atoms with van der Waals surface area (Å²) in [7, 11) is 0. The standard InChI is InChI=1S/C22H23F3N6O3/c1-22(34,13-30(10-8-23)21(33)18-17(25)3-2-9-27-18)12-28-20(32)16-11-29-31(19(16)26)15-6-4-14(24)5-7-15/h2-7,9,11,34H,8,10,12-13,26H2,1H3,(H,28,32). The van der Waals surface area contributed by atoms with Gasteiger partial charge in [-0.15, -0.1) is 0 Å². The van der Waals surface area contributed by atoms with Crippen LogP contribution in [0.4, 0.5) is 19.0 Å². The molecule has 0 saturated carbocycles. The third kappa shape index (κ3) is 5.70. The number of aliphatic hydroxyl groups is 1. The lowest BCUT2D eigenvalue weighted by atomic mass is 10.1. The number of hydrogen-bond donors (Lipinski definition) is 3. The summed E-state index contributed by atoms with van der Waals surface area (Å²) in [5.74, 6) is -2.89. The first kappa shape index (κ1) is 24.7. The second-order valence-corrected chi connectivity index (χ2v) is 7.76. The summed E-state index contributed by atoms with van der Waals surface area (Å²) in [5.41, 5.74) is 4.24. The molecule has 0 bridgehead atoms. The van der Waals surface area contributed by atoms with E-state index in [1.54, 1.807) is 0 Å². The zero-order chi connectivity index (χ0) is 24.9. The Balaban J connectivity index is 1.68. The van der Waals surface area contributed by atoms with Crippen LogP contribution in [0.3, 0.4) is 0 Å². The van der Waals surface area contributed by atoms with Gasteiger partial charge in [0.2, 0.25) is 0 Å². The van der Waals surface area contributed by atoms with Crippen LogP contribution in [0, 0.1) is 11.6 Å². The summed E-state index contributed by atoms with van der Waals surface area (Å²) in [6.45, 7) is -0.756. The van der Waals surface area contributed by atoms with Crippen LogP contribution in [-0.4, -0.2) is 68.5 Å². The van der Waals surface area contributed by atoms with E-state index in [1.807, 2.05) is 0 Å². The second-order valence-electron chi connectivity index (χ2n) is 7.76. The van der Waals surface area contributed by atoms with Crippen molar-refractivity contribution in [2.45, 2.75) is 12.5 Å². The van der Waals surface area contributed by atoms with Crippen molar-refractivity contribution in [3.05, 3.63) is 71.7 Å². The molecule has 2 amide bonds. The number of nitrogens with one attached hydrogen (secondary N) is 1. The summed E-state index contributed by atoms with van der Waals surface area (Å²) < 4.78 is 41.4. The Bertz CT molecular complexity index is 1170. The Morgan fingerprint density at radius 3 is 2.59 bits per heavy atom. The molecule has 34 heavy (non-hydrogen) atoms. The van der Waals surface area contributed by atoms with Gasteiger partial charge in [-0.2, -0.15) is 5.10 Å². The smallest absolute Gasteiger partial charge is 0.275 e. The largest absolute Gasteiger partial charge is 0.386 e. The summed E-state index contributed by atoms with van der Waals surface area (Å²) in [6, 6.07) is 7.66. The zero-order valence-corrected chi connectivity index (χ0v) is 18.2. The molecule has 0 aliphatic carbocycles. The van der Waals surface area contributed by atoms with Crippen molar-refractivity contribution >= 4 is 17.6 Å². The Kier molecular flexibility index (Phi) is 7.51. The average molecular weight is 476 g/mol. The van der Waals surface area contributed by atoms with Gasteiger partial charge in [0, 0.05) is 19.3 Å². The predicted molar refractivity (Wildman–Crippen MR) is 117 cm³/mol. The van der Waals surface area contributed by atoms with Crippen molar-refractivity contribution in [1.29, 1.82) is 0 Å². The minimum absolute atomic E-state index is 0.00683. The van der Waals surface area contributed by atoms with E-state index < -0.39 is 54.5 Å². The Labute approximate surface area is 193 Å². The predicted octanol–water partition coefficient (Wildman–Crippen LogP) is 1.72. The average Bonchev–Trinajstić information content (AvgIpc) is 3.19. The molecule has 180 valence electrons. The van der Waals surface area contributed by atoms with Crippen LogP contribution in [0.25, 0.3) is 5.69 Å². The van der Waals surface area contributed by atoms with Gasteiger partial charge >= 0.3 is 0 Å². The van der Waals surface area contributed by atoms with E-state index in [1.165, 1.54) is 54.3 Å². The number of carbonyl (C=O) groups is 2. The molecule has 1 aromatic carbocycles. The van der Waals surface area contributed by atoms with E-state index in [9.17, 15) is 27.9 Å². The van der Waals surface area contributed by atoms with E-state index in [0.29, 0.717) is 5.69 Å². The number of amides is 2. The molecular weight excluding hydrogens is 453 g/mol. The Morgan fingerprint density at radius 2 is 1.94 bits per heavy atom. The molecular formula is C22H23F3N6O3. The second kappa shape index (κ2) is 10.3. The summed E-state index contributed by atoms with van der Waals surface area (Å²) in [4.78, 5) is 29.8. The first-order valence-electron chi connectivity index (χ1n) is 10.2. The number of pyridine rings is 1. The van der Waals surface area contributed by atoms with Gasteiger partial charge in [-0.1, -0.05) is 0 Å². The Morgan fingerprint density at radius 1 is 1.24 bits per heavy atom. The number of rotatable bonds is 9. The summed E-state index contributed by atoms with van der Waals surface area (Å²) >= 11 is 0. The fraction of sp³-hybridized carbons (Fsp3) is 0.273. The van der Waals surface area contributed by atoms with Crippen molar-refractivity contribution in [3.63, 3.8) is 0 Å². The van der Waals surface area contributed by atoms with Gasteiger partial charge in [-0.05, 0) is 43.3 Å². The van der Waals surface area contributed by atoms with E-state index in [4.69, 9.17) is 5.73 Å². The third-order valence-electron chi connectivity index (χ3n) is 4.89. The van der Waals surface area contributed by atoms with Crippen LogP contribution in [0.15, 0.2) is 48.8 Å².